The third-order valence-electron chi connectivity index (χ3n) is 8.55. The molecule has 8 atom stereocenters. The minimum atomic E-state index is -1.60. The summed E-state index contributed by atoms with van der Waals surface area (Å²) in [4.78, 5) is 12.8. The van der Waals surface area contributed by atoms with E-state index in [1.807, 2.05) is 0 Å². The van der Waals surface area contributed by atoms with Gasteiger partial charge in [0.1, 0.15) is 30.5 Å². The molecular weight excluding hydrogens is 554 g/mol. The third kappa shape index (κ3) is 17.4. The summed E-state index contributed by atoms with van der Waals surface area (Å²) in [5, 5.41) is 64.4. The van der Waals surface area contributed by atoms with Crippen LogP contribution < -0.4 is 5.32 Å². The predicted octanol–water partition coefficient (Wildman–Crippen LogP) is 3.85. The topological polar surface area (TPSA) is 169 Å². The number of unbranched alkanes of at least 4 members (excludes halogenated alkanes) is 16. The van der Waals surface area contributed by atoms with Crippen LogP contribution in [0, 0.1) is 0 Å². The molecule has 1 aliphatic heterocycles. The van der Waals surface area contributed by atoms with Crippen molar-refractivity contribution < 1.29 is 44.9 Å². The molecule has 43 heavy (non-hydrogen) atoms. The van der Waals surface area contributed by atoms with Crippen LogP contribution in [0.1, 0.15) is 142 Å². The molecule has 10 nitrogen and oxygen atoms in total. The molecular formula is C33H65NO9. The summed E-state index contributed by atoms with van der Waals surface area (Å²) >= 11 is 0. The number of aliphatic hydroxyl groups is 6. The fourth-order valence-corrected chi connectivity index (χ4v) is 5.61. The summed E-state index contributed by atoms with van der Waals surface area (Å²) in [6.07, 6.45) is 11.4. The molecule has 0 aromatic carbocycles. The fourth-order valence-electron chi connectivity index (χ4n) is 5.61. The van der Waals surface area contributed by atoms with Crippen LogP contribution in [-0.2, 0) is 14.3 Å². The van der Waals surface area contributed by atoms with Crippen LogP contribution in [0.15, 0.2) is 0 Å². The van der Waals surface area contributed by atoms with Gasteiger partial charge in [-0.1, -0.05) is 123 Å². The molecule has 2 unspecified atom stereocenters. The molecule has 0 spiro atoms. The largest absolute Gasteiger partial charge is 0.394 e. The van der Waals surface area contributed by atoms with E-state index in [0.717, 1.165) is 51.4 Å². The number of rotatable bonds is 27. The molecule has 1 amide bonds. The first-order valence-electron chi connectivity index (χ1n) is 17.3. The van der Waals surface area contributed by atoms with Gasteiger partial charge in [0.15, 0.2) is 6.29 Å². The van der Waals surface area contributed by atoms with E-state index in [0.29, 0.717) is 6.42 Å². The zero-order valence-electron chi connectivity index (χ0n) is 27.1. The maximum absolute atomic E-state index is 12.8. The van der Waals surface area contributed by atoms with Gasteiger partial charge in [-0.15, -0.1) is 0 Å². The Morgan fingerprint density at radius 3 is 1.72 bits per heavy atom. The van der Waals surface area contributed by atoms with E-state index in [4.69, 9.17) is 9.47 Å². The number of hydrogen-bond acceptors (Lipinski definition) is 9. The Morgan fingerprint density at radius 2 is 1.21 bits per heavy atom. The molecule has 1 rings (SSSR count). The Morgan fingerprint density at radius 1 is 0.721 bits per heavy atom. The maximum Gasteiger partial charge on any atom is 0.220 e. The Balaban J connectivity index is 2.57. The molecule has 256 valence electrons. The SMILES string of the molecule is CCCCCCCCCCCCC(=O)N[C@@H](CO[C@@H]1O[C@H](CO)[C@H](O)C(O)C1O)[C@H](O)[C@H](O)CCCCCCCCCC. The number of nitrogens with one attached hydrogen (secondary N) is 1. The van der Waals surface area contributed by atoms with E-state index in [1.54, 1.807) is 0 Å². The van der Waals surface area contributed by atoms with Crippen LogP contribution in [0.25, 0.3) is 0 Å². The van der Waals surface area contributed by atoms with Crippen molar-refractivity contribution in [2.45, 2.75) is 191 Å². The van der Waals surface area contributed by atoms with Gasteiger partial charge in [0.25, 0.3) is 0 Å². The van der Waals surface area contributed by atoms with Crippen LogP contribution in [0.3, 0.4) is 0 Å². The maximum atomic E-state index is 12.8. The first kappa shape index (κ1) is 40.2. The molecule has 1 heterocycles. The molecule has 7 N–H and O–H groups in total. The van der Waals surface area contributed by atoms with E-state index in [1.165, 1.54) is 64.2 Å². The standard InChI is InChI=1S/C33H65NO9/c1-3-5-7-9-11-13-14-16-18-20-22-28(37)34-25(24-42-33-32(41)31(40)30(39)27(23-35)43-33)29(38)26(36)21-19-17-15-12-10-8-6-4-2/h25-27,29-33,35-36,38-41H,3-24H2,1-2H3,(H,34,37)/t25-,26+,27+,29-,30-,31?,32?,33+/m0/s1. The van der Waals surface area contributed by atoms with Crippen LogP contribution in [0.5, 0.6) is 0 Å². The Kier molecular flexibility index (Phi) is 23.7. The number of amides is 1. The average molecular weight is 620 g/mol. The Bertz CT molecular complexity index is 668. The minimum absolute atomic E-state index is 0.264. The van der Waals surface area contributed by atoms with E-state index >= 15 is 0 Å². The van der Waals surface area contributed by atoms with Gasteiger partial charge >= 0.3 is 0 Å². The second kappa shape index (κ2) is 25.4. The number of hydrogen-bond donors (Lipinski definition) is 7. The molecule has 0 saturated carbocycles. The van der Waals surface area contributed by atoms with Crippen molar-refractivity contribution in [3.05, 3.63) is 0 Å². The van der Waals surface area contributed by atoms with E-state index in [9.17, 15) is 35.4 Å². The smallest absolute Gasteiger partial charge is 0.220 e. The summed E-state index contributed by atoms with van der Waals surface area (Å²) in [6, 6.07) is -0.980. The molecule has 10 heteroatoms. The van der Waals surface area contributed by atoms with Gasteiger partial charge in [-0.05, 0) is 12.8 Å². The van der Waals surface area contributed by atoms with Crippen molar-refractivity contribution in [1.29, 1.82) is 0 Å². The molecule has 0 aromatic heterocycles. The lowest BCUT2D eigenvalue weighted by atomic mass is 9.98. The van der Waals surface area contributed by atoms with Crippen molar-refractivity contribution in [2.75, 3.05) is 13.2 Å². The normalized spacial score (nSPS) is 24.5. The zero-order valence-corrected chi connectivity index (χ0v) is 27.1. The van der Waals surface area contributed by atoms with Gasteiger partial charge in [-0.2, -0.15) is 0 Å². The van der Waals surface area contributed by atoms with Gasteiger partial charge in [-0.3, -0.25) is 4.79 Å². The number of carbonyl (C=O) groups is 1. The fraction of sp³-hybridized carbons (Fsp3) is 0.970. The number of ether oxygens (including phenoxy) is 2. The number of carbonyl (C=O) groups excluding carboxylic acids is 1. The van der Waals surface area contributed by atoms with E-state index < -0.39 is 55.6 Å². The van der Waals surface area contributed by atoms with Crippen molar-refractivity contribution in [3.63, 3.8) is 0 Å². The highest BCUT2D eigenvalue weighted by Crippen LogP contribution is 2.23. The summed E-state index contributed by atoms with van der Waals surface area (Å²) in [5.74, 6) is -0.264. The third-order valence-corrected chi connectivity index (χ3v) is 8.55. The lowest BCUT2D eigenvalue weighted by Gasteiger charge is -2.40. The molecule has 0 aromatic rings. The average Bonchev–Trinajstić information content (AvgIpc) is 3.00. The summed E-state index contributed by atoms with van der Waals surface area (Å²) < 4.78 is 11.0. The molecule has 0 aliphatic carbocycles. The van der Waals surface area contributed by atoms with Crippen LogP contribution in [0.2, 0.25) is 0 Å². The van der Waals surface area contributed by atoms with Crippen molar-refractivity contribution in [3.8, 4) is 0 Å². The first-order valence-corrected chi connectivity index (χ1v) is 17.3. The zero-order chi connectivity index (χ0) is 31.9. The summed E-state index contributed by atoms with van der Waals surface area (Å²) in [5.41, 5.74) is 0. The monoisotopic (exact) mass is 619 g/mol. The highest BCUT2D eigenvalue weighted by atomic mass is 16.7. The Labute approximate surface area is 260 Å². The minimum Gasteiger partial charge on any atom is -0.394 e. The highest BCUT2D eigenvalue weighted by molar-refractivity contribution is 5.76. The quantitative estimate of drug-likeness (QED) is 0.0675. The molecule has 1 saturated heterocycles. The van der Waals surface area contributed by atoms with Gasteiger partial charge in [0.2, 0.25) is 5.91 Å². The molecule has 0 bridgehead atoms. The van der Waals surface area contributed by atoms with E-state index in [2.05, 4.69) is 19.2 Å². The van der Waals surface area contributed by atoms with E-state index in [-0.39, 0.29) is 18.9 Å². The first-order chi connectivity index (χ1) is 20.8. The Hall–Kier alpha value is -0.850. The predicted molar refractivity (Wildman–Crippen MR) is 167 cm³/mol. The summed E-state index contributed by atoms with van der Waals surface area (Å²) in [7, 11) is 0. The molecule has 0 radical (unpaired) electrons. The highest BCUT2D eigenvalue weighted by Gasteiger charge is 2.44. The second-order valence-corrected chi connectivity index (χ2v) is 12.5. The van der Waals surface area contributed by atoms with Gasteiger partial charge in [0, 0.05) is 6.42 Å². The lowest BCUT2D eigenvalue weighted by molar-refractivity contribution is -0.303. The van der Waals surface area contributed by atoms with Crippen LogP contribution >= 0.6 is 0 Å². The van der Waals surface area contributed by atoms with Crippen molar-refractivity contribution >= 4 is 5.91 Å². The van der Waals surface area contributed by atoms with Crippen molar-refractivity contribution in [1.82, 2.24) is 5.32 Å². The molecule has 1 aliphatic rings. The molecule has 1 fully saturated rings. The lowest BCUT2D eigenvalue weighted by Crippen LogP contribution is -2.60. The van der Waals surface area contributed by atoms with Gasteiger partial charge in [-0.25, -0.2) is 0 Å². The van der Waals surface area contributed by atoms with Crippen LogP contribution in [-0.4, -0.2) is 98.7 Å². The summed E-state index contributed by atoms with van der Waals surface area (Å²) in [6.45, 7) is 3.51. The van der Waals surface area contributed by atoms with Gasteiger partial charge < -0.3 is 45.4 Å². The van der Waals surface area contributed by atoms with Gasteiger partial charge in [0.05, 0.1) is 25.4 Å². The number of aliphatic hydroxyl groups excluding tert-OH is 6. The van der Waals surface area contributed by atoms with Crippen LogP contribution in [0.4, 0.5) is 0 Å². The van der Waals surface area contributed by atoms with Crippen molar-refractivity contribution in [2.24, 2.45) is 0 Å². The second-order valence-electron chi connectivity index (χ2n) is 12.5.